The molecule has 6 nitrogen and oxygen atoms in total. The van der Waals surface area contributed by atoms with Gasteiger partial charge in [0.15, 0.2) is 11.7 Å². The van der Waals surface area contributed by atoms with E-state index in [2.05, 4.69) is 43.4 Å². The van der Waals surface area contributed by atoms with Gasteiger partial charge >= 0.3 is 6.18 Å². The molecule has 1 aromatic heterocycles. The van der Waals surface area contributed by atoms with Gasteiger partial charge in [0.2, 0.25) is 0 Å². The lowest BCUT2D eigenvalue weighted by molar-refractivity contribution is -0.173. The molecule has 1 saturated heterocycles. The molecule has 1 amide bonds. The number of nitrogens with zero attached hydrogens (tertiary/aromatic N) is 4. The van der Waals surface area contributed by atoms with Crippen LogP contribution in [0, 0.1) is 0 Å². The average Bonchev–Trinajstić information content (AvgIpc) is 3.28. The van der Waals surface area contributed by atoms with Gasteiger partial charge in [0, 0.05) is 49.7 Å². The summed E-state index contributed by atoms with van der Waals surface area (Å²) < 4.78 is 43.7. The number of hydrogen-bond acceptors (Lipinski definition) is 4. The van der Waals surface area contributed by atoms with Crippen LogP contribution in [0.5, 0.6) is 0 Å². The van der Waals surface area contributed by atoms with E-state index in [-0.39, 0.29) is 23.8 Å². The fourth-order valence-corrected chi connectivity index (χ4v) is 4.97. The number of carbonyl (C=O) groups is 1. The van der Waals surface area contributed by atoms with E-state index in [9.17, 15) is 18.0 Å². The predicted molar refractivity (Wildman–Crippen MR) is 130 cm³/mol. The molecule has 3 heterocycles. The summed E-state index contributed by atoms with van der Waals surface area (Å²) in [5.41, 5.74) is 1.99. The lowest BCUT2D eigenvalue weighted by atomic mass is 9.97. The van der Waals surface area contributed by atoms with Gasteiger partial charge in [-0.2, -0.15) is 18.3 Å². The van der Waals surface area contributed by atoms with Crippen molar-refractivity contribution in [3.05, 3.63) is 82.0 Å². The van der Waals surface area contributed by atoms with Crippen LogP contribution in [-0.2, 0) is 6.54 Å². The predicted octanol–water partition coefficient (Wildman–Crippen LogP) is 5.26. The molecule has 0 aliphatic carbocycles. The molecule has 5 rings (SSSR count). The van der Waals surface area contributed by atoms with Crippen molar-refractivity contribution in [1.29, 1.82) is 0 Å². The van der Waals surface area contributed by atoms with E-state index in [0.29, 0.717) is 26.2 Å². The summed E-state index contributed by atoms with van der Waals surface area (Å²) in [5.74, 6) is -0.133. The van der Waals surface area contributed by atoms with Crippen LogP contribution in [0.4, 0.5) is 19.0 Å². The number of nitrogens with one attached hydrogen (secondary N) is 1. The van der Waals surface area contributed by atoms with Crippen LogP contribution in [0.1, 0.15) is 40.1 Å². The third-order valence-corrected chi connectivity index (χ3v) is 7.12. The quantitative estimate of drug-likeness (QED) is 0.483. The summed E-state index contributed by atoms with van der Waals surface area (Å²) in [5, 5.41) is 7.28. The highest BCUT2D eigenvalue weighted by atomic mass is 79.9. The molecule has 2 aromatic carbocycles. The Morgan fingerprint density at radius 1 is 1.03 bits per heavy atom. The molecular formula is C25H25BrF3N5O. The largest absolute Gasteiger partial charge is 0.410 e. The van der Waals surface area contributed by atoms with Crippen molar-refractivity contribution >= 4 is 27.7 Å². The van der Waals surface area contributed by atoms with Crippen molar-refractivity contribution in [2.24, 2.45) is 0 Å². The molecule has 2 aliphatic heterocycles. The molecule has 10 heteroatoms. The molecule has 184 valence electrons. The summed E-state index contributed by atoms with van der Waals surface area (Å²) in [7, 11) is 0. The fourth-order valence-electron chi connectivity index (χ4n) is 4.70. The Bertz CT molecular complexity index is 1170. The van der Waals surface area contributed by atoms with Gasteiger partial charge in [-0.25, -0.2) is 4.68 Å². The number of hydrogen-bond donors (Lipinski definition) is 1. The molecule has 0 unspecified atom stereocenters. The maximum atomic E-state index is 14.0. The smallest absolute Gasteiger partial charge is 0.363 e. The first-order valence-corrected chi connectivity index (χ1v) is 12.3. The molecule has 0 spiro atoms. The summed E-state index contributed by atoms with van der Waals surface area (Å²) in [4.78, 5) is 17.1. The second-order valence-corrected chi connectivity index (χ2v) is 9.87. The Balaban J connectivity index is 1.30. The SMILES string of the molecule is O=C(c1cc2n(n1)[C@H](C(F)(F)F)C[C@@H](c1ccc(Br)cc1)N2)N1CCN(Cc2ccccc2)CC1. The van der Waals surface area contributed by atoms with E-state index >= 15 is 0 Å². The number of rotatable bonds is 4. The van der Waals surface area contributed by atoms with Crippen LogP contribution in [-0.4, -0.2) is 57.8 Å². The number of aromatic nitrogens is 2. The molecule has 0 saturated carbocycles. The highest BCUT2D eigenvalue weighted by Crippen LogP contribution is 2.43. The summed E-state index contributed by atoms with van der Waals surface area (Å²) in [6, 6.07) is 16.4. The Morgan fingerprint density at radius 3 is 2.37 bits per heavy atom. The Labute approximate surface area is 209 Å². The van der Waals surface area contributed by atoms with Crippen molar-refractivity contribution in [3.63, 3.8) is 0 Å². The number of alkyl halides is 3. The number of benzene rings is 2. The first kappa shape index (κ1) is 23.9. The Kier molecular flexibility index (Phi) is 6.59. The Morgan fingerprint density at radius 2 is 1.71 bits per heavy atom. The van der Waals surface area contributed by atoms with Gasteiger partial charge in [0.05, 0.1) is 6.04 Å². The third kappa shape index (κ3) is 5.23. The van der Waals surface area contributed by atoms with Gasteiger partial charge < -0.3 is 10.2 Å². The first-order chi connectivity index (χ1) is 16.8. The molecule has 1 N–H and O–H groups in total. The van der Waals surface area contributed by atoms with Gasteiger partial charge in [0.25, 0.3) is 5.91 Å². The number of piperazine rings is 1. The first-order valence-electron chi connectivity index (χ1n) is 11.5. The number of carbonyl (C=O) groups excluding carboxylic acids is 1. The molecule has 0 radical (unpaired) electrons. The lowest BCUT2D eigenvalue weighted by Crippen LogP contribution is -2.48. The van der Waals surface area contributed by atoms with Crippen molar-refractivity contribution in [2.75, 3.05) is 31.5 Å². The van der Waals surface area contributed by atoms with Crippen LogP contribution in [0.25, 0.3) is 0 Å². The second kappa shape index (κ2) is 9.66. The van der Waals surface area contributed by atoms with E-state index < -0.39 is 18.3 Å². The molecule has 2 atom stereocenters. The van der Waals surface area contributed by atoms with Gasteiger partial charge in [-0.3, -0.25) is 9.69 Å². The fraction of sp³-hybridized carbons (Fsp3) is 0.360. The molecule has 3 aromatic rings. The molecule has 35 heavy (non-hydrogen) atoms. The van der Waals surface area contributed by atoms with Crippen molar-refractivity contribution < 1.29 is 18.0 Å². The monoisotopic (exact) mass is 547 g/mol. The number of anilines is 1. The lowest BCUT2D eigenvalue weighted by Gasteiger charge is -2.34. The molecular weight excluding hydrogens is 523 g/mol. The zero-order valence-corrected chi connectivity index (χ0v) is 20.5. The average molecular weight is 548 g/mol. The summed E-state index contributed by atoms with van der Waals surface area (Å²) >= 11 is 3.36. The second-order valence-electron chi connectivity index (χ2n) is 8.95. The van der Waals surface area contributed by atoms with Crippen molar-refractivity contribution in [1.82, 2.24) is 19.6 Å². The van der Waals surface area contributed by atoms with Gasteiger partial charge in [-0.05, 0) is 23.3 Å². The Hall–Kier alpha value is -2.85. The summed E-state index contributed by atoms with van der Waals surface area (Å²) in [6.45, 7) is 3.21. The topological polar surface area (TPSA) is 53.4 Å². The highest BCUT2D eigenvalue weighted by Gasteiger charge is 2.47. The van der Waals surface area contributed by atoms with Gasteiger partial charge in [-0.1, -0.05) is 58.4 Å². The maximum Gasteiger partial charge on any atom is 0.410 e. The van der Waals surface area contributed by atoms with E-state index in [1.165, 1.54) is 11.6 Å². The van der Waals surface area contributed by atoms with Crippen molar-refractivity contribution in [3.8, 4) is 0 Å². The van der Waals surface area contributed by atoms with Gasteiger partial charge in [-0.15, -0.1) is 0 Å². The van der Waals surface area contributed by atoms with E-state index in [1.54, 1.807) is 29.2 Å². The van der Waals surface area contributed by atoms with E-state index in [1.807, 2.05) is 18.2 Å². The number of fused-ring (bicyclic) bond motifs is 1. The minimum Gasteiger partial charge on any atom is -0.363 e. The minimum absolute atomic E-state index is 0.0368. The van der Waals surface area contributed by atoms with Gasteiger partial charge in [0.1, 0.15) is 5.82 Å². The third-order valence-electron chi connectivity index (χ3n) is 6.59. The summed E-state index contributed by atoms with van der Waals surface area (Å²) in [6.07, 6.45) is -4.69. The van der Waals surface area contributed by atoms with E-state index in [4.69, 9.17) is 0 Å². The van der Waals surface area contributed by atoms with Crippen LogP contribution in [0.3, 0.4) is 0 Å². The standard InChI is InChI=1S/C25H25BrF3N5O/c26-19-8-6-18(7-9-19)20-14-22(25(27,28)29)34-23(30-20)15-21(31-34)24(35)33-12-10-32(11-13-33)16-17-4-2-1-3-5-17/h1-9,15,20,22,30H,10-14,16H2/t20-,22-/m0/s1. The van der Waals surface area contributed by atoms with Crippen LogP contribution in [0.15, 0.2) is 65.1 Å². The minimum atomic E-state index is -4.49. The maximum absolute atomic E-state index is 14.0. The normalized spacial score (nSPS) is 20.9. The molecule has 1 fully saturated rings. The van der Waals surface area contributed by atoms with Crippen LogP contribution in [0.2, 0.25) is 0 Å². The van der Waals surface area contributed by atoms with Crippen LogP contribution >= 0.6 is 15.9 Å². The van der Waals surface area contributed by atoms with Crippen LogP contribution < -0.4 is 5.32 Å². The molecule has 2 aliphatic rings. The zero-order valence-electron chi connectivity index (χ0n) is 18.9. The zero-order chi connectivity index (χ0) is 24.6. The number of halogens is 4. The van der Waals surface area contributed by atoms with Crippen molar-refractivity contribution in [2.45, 2.75) is 31.2 Å². The molecule has 0 bridgehead atoms. The van der Waals surface area contributed by atoms with E-state index in [0.717, 1.165) is 21.3 Å². The highest BCUT2D eigenvalue weighted by molar-refractivity contribution is 9.10. The number of amides is 1.